The van der Waals surface area contributed by atoms with Gasteiger partial charge in [0.25, 0.3) is 0 Å². The highest BCUT2D eigenvalue weighted by atomic mass is 16.5. The van der Waals surface area contributed by atoms with Crippen molar-refractivity contribution >= 4 is 5.97 Å². The van der Waals surface area contributed by atoms with Crippen LogP contribution < -0.4 is 5.73 Å². The van der Waals surface area contributed by atoms with Crippen molar-refractivity contribution in [1.82, 2.24) is 0 Å². The number of carbonyl (C=O) groups excluding carboxylic acids is 1. The van der Waals surface area contributed by atoms with Gasteiger partial charge in [-0.2, -0.15) is 0 Å². The van der Waals surface area contributed by atoms with E-state index in [1.54, 1.807) is 19.1 Å². The number of hydrogen-bond donors (Lipinski definition) is 1. The van der Waals surface area contributed by atoms with Crippen LogP contribution in [0.4, 0.5) is 0 Å². The van der Waals surface area contributed by atoms with E-state index in [4.69, 9.17) is 15.2 Å². The molecule has 0 aliphatic carbocycles. The molecule has 1 aromatic carbocycles. The highest BCUT2D eigenvalue weighted by Crippen LogP contribution is 2.08. The van der Waals surface area contributed by atoms with Crippen LogP contribution in [-0.2, 0) is 16.1 Å². The van der Waals surface area contributed by atoms with Gasteiger partial charge in [0, 0.05) is 6.54 Å². The molecule has 1 unspecified atom stereocenters. The maximum absolute atomic E-state index is 11.4. The summed E-state index contributed by atoms with van der Waals surface area (Å²) < 4.78 is 10.4. The van der Waals surface area contributed by atoms with Crippen molar-refractivity contribution in [3.63, 3.8) is 0 Å². The van der Waals surface area contributed by atoms with Crippen molar-refractivity contribution in [3.8, 4) is 0 Å². The van der Waals surface area contributed by atoms with Crippen LogP contribution in [0.1, 0.15) is 29.8 Å². The first-order valence-electron chi connectivity index (χ1n) is 5.75. The Balaban J connectivity index is 2.53. The molecule has 0 radical (unpaired) electrons. The molecule has 1 atom stereocenters. The zero-order valence-electron chi connectivity index (χ0n) is 10.3. The Morgan fingerprint density at radius 1 is 1.35 bits per heavy atom. The Hall–Kier alpha value is -1.39. The Kier molecular flexibility index (Phi) is 5.66. The van der Waals surface area contributed by atoms with Gasteiger partial charge in [0.2, 0.25) is 0 Å². The van der Waals surface area contributed by atoms with Gasteiger partial charge in [-0.1, -0.05) is 12.1 Å². The summed E-state index contributed by atoms with van der Waals surface area (Å²) in [5, 5.41) is 0. The minimum absolute atomic E-state index is 0.0414. The van der Waals surface area contributed by atoms with E-state index >= 15 is 0 Å². The number of benzene rings is 1. The molecule has 1 rings (SSSR count). The van der Waals surface area contributed by atoms with Crippen LogP contribution in [0.3, 0.4) is 0 Å². The van der Waals surface area contributed by atoms with Crippen LogP contribution in [0, 0.1) is 0 Å². The Bertz CT molecular complexity index is 348. The molecule has 94 valence electrons. The number of ether oxygens (including phenoxy) is 2. The fourth-order valence-corrected chi connectivity index (χ4v) is 1.26. The van der Waals surface area contributed by atoms with Gasteiger partial charge >= 0.3 is 5.97 Å². The Labute approximate surface area is 102 Å². The fourth-order valence-electron chi connectivity index (χ4n) is 1.26. The number of nitrogens with two attached hydrogens (primary N) is 1. The maximum Gasteiger partial charge on any atom is 0.338 e. The van der Waals surface area contributed by atoms with E-state index in [-0.39, 0.29) is 12.1 Å². The lowest BCUT2D eigenvalue weighted by atomic mass is 10.1. The molecular weight excluding hydrogens is 218 g/mol. The molecule has 0 spiro atoms. The molecule has 2 N–H and O–H groups in total. The third-order valence-corrected chi connectivity index (χ3v) is 2.33. The van der Waals surface area contributed by atoms with E-state index in [2.05, 4.69) is 0 Å². The number of rotatable bonds is 6. The standard InChI is InChI=1S/C13H19NO3/c1-3-16-13(15)12-6-4-11(5-7-12)9-17-10(2)8-14/h4-7,10H,3,8-9,14H2,1-2H3. The molecule has 4 nitrogen and oxygen atoms in total. The molecule has 0 bridgehead atoms. The highest BCUT2D eigenvalue weighted by Gasteiger charge is 2.06. The van der Waals surface area contributed by atoms with E-state index < -0.39 is 0 Å². The van der Waals surface area contributed by atoms with E-state index in [9.17, 15) is 4.79 Å². The smallest absolute Gasteiger partial charge is 0.338 e. The maximum atomic E-state index is 11.4. The quantitative estimate of drug-likeness (QED) is 0.765. The summed E-state index contributed by atoms with van der Waals surface area (Å²) in [4.78, 5) is 11.4. The normalized spacial score (nSPS) is 12.2. The van der Waals surface area contributed by atoms with Crippen molar-refractivity contribution in [2.75, 3.05) is 13.2 Å². The summed E-state index contributed by atoms with van der Waals surface area (Å²) in [7, 11) is 0. The first-order valence-corrected chi connectivity index (χ1v) is 5.75. The summed E-state index contributed by atoms with van der Waals surface area (Å²) in [6.45, 7) is 5.10. The molecule has 0 saturated carbocycles. The van der Waals surface area contributed by atoms with E-state index in [0.29, 0.717) is 25.3 Å². The minimum Gasteiger partial charge on any atom is -0.462 e. The van der Waals surface area contributed by atoms with Crippen molar-refractivity contribution in [2.24, 2.45) is 5.73 Å². The lowest BCUT2D eigenvalue weighted by molar-refractivity contribution is 0.0524. The zero-order valence-corrected chi connectivity index (χ0v) is 10.3. The molecule has 0 saturated heterocycles. The minimum atomic E-state index is -0.296. The first kappa shape index (κ1) is 13.7. The van der Waals surface area contributed by atoms with Crippen LogP contribution in [-0.4, -0.2) is 25.2 Å². The predicted octanol–water partition coefficient (Wildman–Crippen LogP) is 1.73. The van der Waals surface area contributed by atoms with Crippen LogP contribution >= 0.6 is 0 Å². The monoisotopic (exact) mass is 237 g/mol. The largest absolute Gasteiger partial charge is 0.462 e. The average Bonchev–Trinajstić information content (AvgIpc) is 2.36. The number of esters is 1. The third kappa shape index (κ3) is 4.54. The number of carbonyl (C=O) groups is 1. The van der Waals surface area contributed by atoms with Gasteiger partial charge in [0.15, 0.2) is 0 Å². The van der Waals surface area contributed by atoms with Crippen molar-refractivity contribution in [1.29, 1.82) is 0 Å². The van der Waals surface area contributed by atoms with Gasteiger partial charge in [-0.25, -0.2) is 4.79 Å². The van der Waals surface area contributed by atoms with Crippen LogP contribution in [0.15, 0.2) is 24.3 Å². The molecule has 0 amide bonds. The third-order valence-electron chi connectivity index (χ3n) is 2.33. The zero-order chi connectivity index (χ0) is 12.7. The average molecular weight is 237 g/mol. The highest BCUT2D eigenvalue weighted by molar-refractivity contribution is 5.89. The van der Waals surface area contributed by atoms with Gasteiger partial charge in [-0.05, 0) is 31.5 Å². The first-order chi connectivity index (χ1) is 8.17. The van der Waals surface area contributed by atoms with Crippen molar-refractivity contribution in [3.05, 3.63) is 35.4 Å². The van der Waals surface area contributed by atoms with E-state index in [1.165, 1.54) is 0 Å². The second kappa shape index (κ2) is 7.04. The van der Waals surface area contributed by atoms with Crippen LogP contribution in [0.5, 0.6) is 0 Å². The second-order valence-corrected chi connectivity index (χ2v) is 3.77. The summed E-state index contributed by atoms with van der Waals surface area (Å²) >= 11 is 0. The lowest BCUT2D eigenvalue weighted by Crippen LogP contribution is -2.19. The topological polar surface area (TPSA) is 61.5 Å². The van der Waals surface area contributed by atoms with Gasteiger partial charge in [-0.15, -0.1) is 0 Å². The summed E-state index contributed by atoms with van der Waals surface area (Å²) in [6, 6.07) is 7.19. The van der Waals surface area contributed by atoms with Crippen LogP contribution in [0.2, 0.25) is 0 Å². The van der Waals surface area contributed by atoms with E-state index in [0.717, 1.165) is 5.56 Å². The SMILES string of the molecule is CCOC(=O)c1ccc(COC(C)CN)cc1. The second-order valence-electron chi connectivity index (χ2n) is 3.77. The predicted molar refractivity (Wildman–Crippen MR) is 65.7 cm³/mol. The molecule has 0 aromatic heterocycles. The molecule has 0 aliphatic heterocycles. The molecule has 4 heteroatoms. The lowest BCUT2D eigenvalue weighted by Gasteiger charge is -2.10. The van der Waals surface area contributed by atoms with Gasteiger partial charge in [-0.3, -0.25) is 0 Å². The van der Waals surface area contributed by atoms with Crippen LogP contribution in [0.25, 0.3) is 0 Å². The van der Waals surface area contributed by atoms with Gasteiger partial charge < -0.3 is 15.2 Å². The van der Waals surface area contributed by atoms with Crippen molar-refractivity contribution in [2.45, 2.75) is 26.6 Å². The van der Waals surface area contributed by atoms with Gasteiger partial charge in [0.05, 0.1) is 24.9 Å². The summed E-state index contributed by atoms with van der Waals surface area (Å²) in [5.41, 5.74) is 7.02. The summed E-state index contributed by atoms with van der Waals surface area (Å²) in [6.07, 6.45) is 0.0414. The molecule has 0 fully saturated rings. The van der Waals surface area contributed by atoms with E-state index in [1.807, 2.05) is 19.1 Å². The number of hydrogen-bond acceptors (Lipinski definition) is 4. The fraction of sp³-hybridized carbons (Fsp3) is 0.462. The van der Waals surface area contributed by atoms with Gasteiger partial charge in [0.1, 0.15) is 0 Å². The van der Waals surface area contributed by atoms with Crippen molar-refractivity contribution < 1.29 is 14.3 Å². The molecule has 17 heavy (non-hydrogen) atoms. The molecular formula is C13H19NO3. The Morgan fingerprint density at radius 3 is 2.53 bits per heavy atom. The molecule has 0 aliphatic rings. The Morgan fingerprint density at radius 2 is 2.00 bits per heavy atom. The molecule has 1 aromatic rings. The summed E-state index contributed by atoms with van der Waals surface area (Å²) in [5.74, 6) is -0.296. The molecule has 0 heterocycles.